The van der Waals surface area contributed by atoms with Crippen molar-refractivity contribution in [3.05, 3.63) is 0 Å². The van der Waals surface area contributed by atoms with E-state index in [4.69, 9.17) is 0 Å². The molecule has 0 unspecified atom stereocenters. The number of piperidine rings is 1. The third kappa shape index (κ3) is 2.48. The lowest BCUT2D eigenvalue weighted by atomic mass is 9.85. The molecule has 82 valence electrons. The third-order valence-electron chi connectivity index (χ3n) is 3.85. The van der Waals surface area contributed by atoms with Crippen LogP contribution in [0.5, 0.6) is 0 Å². The van der Waals surface area contributed by atoms with Crippen LogP contribution in [0.3, 0.4) is 0 Å². The van der Waals surface area contributed by atoms with Crippen LogP contribution in [0.4, 0.5) is 0 Å². The van der Waals surface area contributed by atoms with Gasteiger partial charge in [-0.15, -0.1) is 0 Å². The van der Waals surface area contributed by atoms with Crippen LogP contribution in [0.2, 0.25) is 0 Å². The lowest BCUT2D eigenvalue weighted by molar-refractivity contribution is 0.0300. The molecule has 0 aromatic carbocycles. The van der Waals surface area contributed by atoms with Gasteiger partial charge in [0, 0.05) is 12.6 Å². The molecule has 1 heterocycles. The van der Waals surface area contributed by atoms with Crippen LogP contribution < -0.4 is 0 Å². The Kier molecular flexibility index (Phi) is 3.45. The van der Waals surface area contributed by atoms with E-state index < -0.39 is 0 Å². The first-order valence-electron chi connectivity index (χ1n) is 6.18. The SMILES string of the molecule is C[C@@H]1CCC[C@@H](N2CCC[C@H](O)C2)C1. The van der Waals surface area contributed by atoms with E-state index in [1.54, 1.807) is 0 Å². The van der Waals surface area contributed by atoms with E-state index in [-0.39, 0.29) is 6.10 Å². The summed E-state index contributed by atoms with van der Waals surface area (Å²) in [7, 11) is 0. The van der Waals surface area contributed by atoms with E-state index in [9.17, 15) is 5.11 Å². The third-order valence-corrected chi connectivity index (χ3v) is 3.85. The second-order valence-corrected chi connectivity index (χ2v) is 5.22. The summed E-state index contributed by atoms with van der Waals surface area (Å²) >= 11 is 0. The minimum Gasteiger partial charge on any atom is -0.392 e. The summed E-state index contributed by atoms with van der Waals surface area (Å²) < 4.78 is 0. The summed E-state index contributed by atoms with van der Waals surface area (Å²) in [5, 5.41) is 9.63. The van der Waals surface area contributed by atoms with Crippen molar-refractivity contribution in [3.63, 3.8) is 0 Å². The zero-order valence-corrected chi connectivity index (χ0v) is 9.28. The Morgan fingerprint density at radius 3 is 2.71 bits per heavy atom. The van der Waals surface area contributed by atoms with Crippen LogP contribution in [0.15, 0.2) is 0 Å². The number of rotatable bonds is 1. The van der Waals surface area contributed by atoms with Gasteiger partial charge in [0.25, 0.3) is 0 Å². The average Bonchev–Trinajstić information content (AvgIpc) is 2.18. The van der Waals surface area contributed by atoms with Crippen molar-refractivity contribution in [1.29, 1.82) is 0 Å². The zero-order chi connectivity index (χ0) is 9.97. The fraction of sp³-hybridized carbons (Fsp3) is 1.00. The van der Waals surface area contributed by atoms with E-state index in [0.29, 0.717) is 0 Å². The molecular formula is C12H23NO. The van der Waals surface area contributed by atoms with Gasteiger partial charge in [0.15, 0.2) is 0 Å². The molecule has 0 spiro atoms. The summed E-state index contributed by atoms with van der Waals surface area (Å²) in [4.78, 5) is 2.53. The molecule has 1 aliphatic heterocycles. The van der Waals surface area contributed by atoms with Crippen molar-refractivity contribution in [3.8, 4) is 0 Å². The maximum atomic E-state index is 9.63. The van der Waals surface area contributed by atoms with Crippen molar-refractivity contribution >= 4 is 0 Å². The molecular weight excluding hydrogens is 174 g/mol. The molecule has 14 heavy (non-hydrogen) atoms. The van der Waals surface area contributed by atoms with Gasteiger partial charge in [-0.3, -0.25) is 4.90 Å². The Morgan fingerprint density at radius 2 is 2.00 bits per heavy atom. The standard InChI is InChI=1S/C12H23NO/c1-10-4-2-5-11(8-10)13-7-3-6-12(14)9-13/h10-12,14H,2-9H2,1H3/t10-,11-,12+/m1/s1. The fourth-order valence-corrected chi connectivity index (χ4v) is 3.05. The monoisotopic (exact) mass is 197 g/mol. The molecule has 0 aromatic rings. The summed E-state index contributed by atoms with van der Waals surface area (Å²) in [5.74, 6) is 0.896. The second kappa shape index (κ2) is 4.63. The largest absolute Gasteiger partial charge is 0.392 e. The second-order valence-electron chi connectivity index (χ2n) is 5.22. The highest BCUT2D eigenvalue weighted by molar-refractivity contribution is 4.82. The molecule has 3 atom stereocenters. The van der Waals surface area contributed by atoms with Crippen LogP contribution >= 0.6 is 0 Å². The molecule has 2 heteroatoms. The Morgan fingerprint density at radius 1 is 1.14 bits per heavy atom. The van der Waals surface area contributed by atoms with Gasteiger partial charge in [0.05, 0.1) is 6.10 Å². The highest BCUT2D eigenvalue weighted by Gasteiger charge is 2.27. The van der Waals surface area contributed by atoms with Crippen molar-refractivity contribution < 1.29 is 5.11 Å². The molecule has 2 fully saturated rings. The molecule has 0 radical (unpaired) electrons. The van der Waals surface area contributed by atoms with Crippen molar-refractivity contribution in [2.75, 3.05) is 13.1 Å². The predicted octanol–water partition coefficient (Wildman–Crippen LogP) is 2.02. The van der Waals surface area contributed by atoms with Crippen LogP contribution in [0, 0.1) is 5.92 Å². The Hall–Kier alpha value is -0.0800. The summed E-state index contributed by atoms with van der Waals surface area (Å²) in [5.41, 5.74) is 0. The van der Waals surface area contributed by atoms with Gasteiger partial charge in [-0.05, 0) is 38.1 Å². The van der Waals surface area contributed by atoms with Gasteiger partial charge in [0.1, 0.15) is 0 Å². The Balaban J connectivity index is 1.86. The van der Waals surface area contributed by atoms with Gasteiger partial charge in [-0.2, -0.15) is 0 Å². The van der Waals surface area contributed by atoms with Crippen LogP contribution in [0.1, 0.15) is 45.4 Å². The van der Waals surface area contributed by atoms with Gasteiger partial charge < -0.3 is 5.11 Å². The molecule has 2 nitrogen and oxygen atoms in total. The molecule has 2 rings (SSSR count). The van der Waals surface area contributed by atoms with Crippen LogP contribution in [-0.2, 0) is 0 Å². The highest BCUT2D eigenvalue weighted by Crippen LogP contribution is 2.28. The van der Waals surface area contributed by atoms with E-state index in [1.807, 2.05) is 0 Å². The Labute approximate surface area is 87.3 Å². The van der Waals surface area contributed by atoms with Crippen LogP contribution in [0.25, 0.3) is 0 Å². The topological polar surface area (TPSA) is 23.5 Å². The summed E-state index contributed by atoms with van der Waals surface area (Å²) in [6.07, 6.45) is 7.65. The number of β-amino-alcohol motifs (C(OH)–C–C–N with tert-alkyl or cyclic N) is 1. The first-order chi connectivity index (χ1) is 6.75. The van der Waals surface area contributed by atoms with Gasteiger partial charge in [-0.1, -0.05) is 19.8 Å². The minimum atomic E-state index is -0.0546. The normalized spacial score (nSPS) is 41.1. The molecule has 1 N–H and O–H groups in total. The van der Waals surface area contributed by atoms with E-state index >= 15 is 0 Å². The minimum absolute atomic E-state index is 0.0546. The number of likely N-dealkylation sites (tertiary alicyclic amines) is 1. The van der Waals surface area contributed by atoms with Gasteiger partial charge in [0.2, 0.25) is 0 Å². The molecule has 0 aromatic heterocycles. The van der Waals surface area contributed by atoms with Gasteiger partial charge in [-0.25, -0.2) is 0 Å². The summed E-state index contributed by atoms with van der Waals surface area (Å²) in [6.45, 7) is 4.51. The van der Waals surface area contributed by atoms with Gasteiger partial charge >= 0.3 is 0 Å². The number of aliphatic hydroxyl groups excluding tert-OH is 1. The van der Waals surface area contributed by atoms with E-state index in [2.05, 4.69) is 11.8 Å². The van der Waals surface area contributed by atoms with E-state index in [1.165, 1.54) is 38.6 Å². The smallest absolute Gasteiger partial charge is 0.0667 e. The van der Waals surface area contributed by atoms with Crippen molar-refractivity contribution in [1.82, 2.24) is 4.90 Å². The maximum absolute atomic E-state index is 9.63. The molecule has 1 saturated carbocycles. The molecule has 2 aliphatic rings. The zero-order valence-electron chi connectivity index (χ0n) is 9.28. The van der Waals surface area contributed by atoms with Crippen molar-refractivity contribution in [2.24, 2.45) is 5.92 Å². The predicted molar refractivity (Wildman–Crippen MR) is 58.2 cm³/mol. The number of nitrogens with zero attached hydrogens (tertiary/aromatic N) is 1. The average molecular weight is 197 g/mol. The molecule has 0 amide bonds. The van der Waals surface area contributed by atoms with E-state index in [0.717, 1.165) is 24.9 Å². The van der Waals surface area contributed by atoms with Crippen molar-refractivity contribution in [2.45, 2.75) is 57.6 Å². The molecule has 0 bridgehead atoms. The lowest BCUT2D eigenvalue weighted by Gasteiger charge is -2.40. The number of hydrogen-bond acceptors (Lipinski definition) is 2. The Bertz CT molecular complexity index is 163. The maximum Gasteiger partial charge on any atom is 0.0667 e. The highest BCUT2D eigenvalue weighted by atomic mass is 16.3. The number of hydrogen-bond donors (Lipinski definition) is 1. The molecule has 1 saturated heterocycles. The first kappa shape index (κ1) is 10.4. The lowest BCUT2D eigenvalue weighted by Crippen LogP contribution is -2.46. The first-order valence-corrected chi connectivity index (χ1v) is 6.18. The molecule has 1 aliphatic carbocycles. The summed E-state index contributed by atoms with van der Waals surface area (Å²) in [6, 6.07) is 0.772. The van der Waals surface area contributed by atoms with Crippen LogP contribution in [-0.4, -0.2) is 35.2 Å². The number of aliphatic hydroxyl groups is 1. The quantitative estimate of drug-likeness (QED) is 0.695. The fourth-order valence-electron chi connectivity index (χ4n) is 3.05.